The molecule has 2 unspecified atom stereocenters. The van der Waals surface area contributed by atoms with E-state index in [4.69, 9.17) is 11.6 Å². The summed E-state index contributed by atoms with van der Waals surface area (Å²) in [6.45, 7) is 7.72. The molecule has 1 nitrogen and oxygen atoms in total. The van der Waals surface area contributed by atoms with E-state index in [2.05, 4.69) is 26.1 Å². The van der Waals surface area contributed by atoms with E-state index in [0.717, 1.165) is 18.5 Å². The number of rotatable bonds is 6. The number of benzene rings is 1. The molecule has 0 bridgehead atoms. The largest absolute Gasteiger partial charge is 0.313 e. The van der Waals surface area contributed by atoms with Gasteiger partial charge in [0.1, 0.15) is 5.82 Å². The maximum atomic E-state index is 14.2. The summed E-state index contributed by atoms with van der Waals surface area (Å²) in [7, 11) is 0. The Labute approximate surface area is 133 Å². The molecular formula is C18H27ClFN. The van der Waals surface area contributed by atoms with Gasteiger partial charge < -0.3 is 5.32 Å². The molecule has 0 saturated carbocycles. The minimum absolute atomic E-state index is 0.237. The first-order chi connectivity index (χ1) is 10.0. The lowest BCUT2D eigenvalue weighted by molar-refractivity contribution is 0.203. The van der Waals surface area contributed by atoms with E-state index in [1.165, 1.54) is 25.7 Å². The van der Waals surface area contributed by atoms with E-state index in [9.17, 15) is 4.39 Å². The van der Waals surface area contributed by atoms with Crippen molar-refractivity contribution in [2.45, 2.75) is 64.8 Å². The van der Waals surface area contributed by atoms with Crippen molar-refractivity contribution in [2.75, 3.05) is 6.54 Å². The molecule has 3 heteroatoms. The summed E-state index contributed by atoms with van der Waals surface area (Å²) in [5.74, 6) is 0.0105. The van der Waals surface area contributed by atoms with Crippen LogP contribution in [0.15, 0.2) is 18.2 Å². The second kappa shape index (κ2) is 7.11. The van der Waals surface area contributed by atoms with Crippen molar-refractivity contribution in [2.24, 2.45) is 5.41 Å². The lowest BCUT2D eigenvalue weighted by atomic mass is 9.74. The van der Waals surface area contributed by atoms with Crippen LogP contribution < -0.4 is 5.32 Å². The van der Waals surface area contributed by atoms with Gasteiger partial charge in [0, 0.05) is 18.5 Å². The number of hydrogen-bond donors (Lipinski definition) is 1. The Morgan fingerprint density at radius 1 is 1.24 bits per heavy atom. The third kappa shape index (κ3) is 3.60. The smallest absolute Gasteiger partial charge is 0.145 e. The fraction of sp³-hybridized carbons (Fsp3) is 0.667. The highest BCUT2D eigenvalue weighted by molar-refractivity contribution is 6.30. The summed E-state index contributed by atoms with van der Waals surface area (Å²) in [6.07, 6.45) is 5.85. The van der Waals surface area contributed by atoms with Crippen LogP contribution in [0.25, 0.3) is 0 Å². The first kappa shape index (κ1) is 16.8. The molecule has 1 heterocycles. The van der Waals surface area contributed by atoms with E-state index in [1.807, 2.05) is 12.1 Å². The van der Waals surface area contributed by atoms with Gasteiger partial charge in [0.15, 0.2) is 0 Å². The van der Waals surface area contributed by atoms with E-state index >= 15 is 0 Å². The van der Waals surface area contributed by atoms with Gasteiger partial charge in [0.25, 0.3) is 0 Å². The Kier molecular flexibility index (Phi) is 5.67. The Morgan fingerprint density at radius 3 is 2.52 bits per heavy atom. The quantitative estimate of drug-likeness (QED) is 0.728. The first-order valence-electron chi connectivity index (χ1n) is 8.22. The number of hydrogen-bond acceptors (Lipinski definition) is 1. The second-order valence-electron chi connectivity index (χ2n) is 6.45. The van der Waals surface area contributed by atoms with Gasteiger partial charge in [0.2, 0.25) is 0 Å². The van der Waals surface area contributed by atoms with Crippen molar-refractivity contribution in [3.05, 3.63) is 34.6 Å². The van der Waals surface area contributed by atoms with Crippen LogP contribution in [0.4, 0.5) is 4.39 Å². The highest BCUT2D eigenvalue weighted by Gasteiger charge is 2.33. The Balaban J connectivity index is 2.05. The molecule has 1 fully saturated rings. The predicted octanol–water partition coefficient (Wildman–Crippen LogP) is 5.53. The van der Waals surface area contributed by atoms with Crippen molar-refractivity contribution in [3.8, 4) is 0 Å². The van der Waals surface area contributed by atoms with Crippen molar-refractivity contribution >= 4 is 11.6 Å². The maximum absolute atomic E-state index is 14.2. The van der Waals surface area contributed by atoms with Gasteiger partial charge in [-0.05, 0) is 29.9 Å². The molecule has 1 aliphatic rings. The Hall–Kier alpha value is -0.600. The molecule has 1 saturated heterocycles. The van der Waals surface area contributed by atoms with Gasteiger partial charge in [0.05, 0.1) is 5.02 Å². The van der Waals surface area contributed by atoms with E-state index in [1.54, 1.807) is 6.07 Å². The summed E-state index contributed by atoms with van der Waals surface area (Å²) in [6, 6.07) is 5.84. The van der Waals surface area contributed by atoms with Gasteiger partial charge in [-0.3, -0.25) is 0 Å². The Bertz CT molecular complexity index is 462. The van der Waals surface area contributed by atoms with E-state index in [-0.39, 0.29) is 16.8 Å². The van der Waals surface area contributed by atoms with Crippen LogP contribution in [0.5, 0.6) is 0 Å². The third-order valence-corrected chi connectivity index (χ3v) is 5.86. The standard InChI is InChI=1S/C18H27ClFN/c1-4-18(5-2,6-3)11-14-10-13(12-21-14)15-8-7-9-16(19)17(15)20/h7-9,13-14,21H,4-6,10-12H2,1-3H3. The van der Waals surface area contributed by atoms with Crippen molar-refractivity contribution in [3.63, 3.8) is 0 Å². The van der Waals surface area contributed by atoms with Crippen LogP contribution in [0, 0.1) is 11.2 Å². The van der Waals surface area contributed by atoms with Crippen molar-refractivity contribution in [1.82, 2.24) is 5.32 Å². The summed E-state index contributed by atoms with van der Waals surface area (Å²) in [5, 5.41) is 3.84. The lowest BCUT2D eigenvalue weighted by Crippen LogP contribution is -2.30. The van der Waals surface area contributed by atoms with Crippen molar-refractivity contribution < 1.29 is 4.39 Å². The van der Waals surface area contributed by atoms with Gasteiger partial charge in [-0.2, -0.15) is 0 Å². The average Bonchev–Trinajstić information content (AvgIpc) is 2.96. The SMILES string of the molecule is CCC(CC)(CC)CC1CC(c2cccc(Cl)c2F)CN1. The first-order valence-corrected chi connectivity index (χ1v) is 8.60. The topological polar surface area (TPSA) is 12.0 Å². The normalized spacial score (nSPS) is 22.7. The van der Waals surface area contributed by atoms with Crippen LogP contribution >= 0.6 is 11.6 Å². The maximum Gasteiger partial charge on any atom is 0.145 e. The molecule has 2 atom stereocenters. The van der Waals surface area contributed by atoms with Gasteiger partial charge >= 0.3 is 0 Å². The summed E-state index contributed by atoms with van der Waals surface area (Å²) in [4.78, 5) is 0. The summed E-state index contributed by atoms with van der Waals surface area (Å²) in [5.41, 5.74) is 1.20. The van der Waals surface area contributed by atoms with Gasteiger partial charge in [-0.15, -0.1) is 0 Å². The molecule has 0 radical (unpaired) electrons. The van der Waals surface area contributed by atoms with Crippen LogP contribution in [-0.2, 0) is 0 Å². The molecule has 0 aromatic heterocycles. The zero-order valence-corrected chi connectivity index (χ0v) is 14.1. The Morgan fingerprint density at radius 2 is 1.90 bits per heavy atom. The summed E-state index contributed by atoms with van der Waals surface area (Å²) >= 11 is 5.91. The van der Waals surface area contributed by atoms with Crippen LogP contribution in [-0.4, -0.2) is 12.6 Å². The molecule has 0 spiro atoms. The molecular weight excluding hydrogens is 285 g/mol. The summed E-state index contributed by atoms with van der Waals surface area (Å²) < 4.78 is 14.2. The second-order valence-corrected chi connectivity index (χ2v) is 6.85. The molecule has 2 rings (SSSR count). The monoisotopic (exact) mass is 311 g/mol. The minimum atomic E-state index is -0.237. The van der Waals surface area contributed by atoms with Crippen LogP contribution in [0.2, 0.25) is 5.02 Å². The van der Waals surface area contributed by atoms with Crippen molar-refractivity contribution in [1.29, 1.82) is 0 Å². The fourth-order valence-corrected chi connectivity index (χ4v) is 3.93. The molecule has 1 aliphatic heterocycles. The molecule has 1 aromatic rings. The van der Waals surface area contributed by atoms with Crippen LogP contribution in [0.3, 0.4) is 0 Å². The minimum Gasteiger partial charge on any atom is -0.313 e. The number of nitrogens with one attached hydrogen (secondary N) is 1. The average molecular weight is 312 g/mol. The molecule has 1 N–H and O–H groups in total. The fourth-order valence-electron chi connectivity index (χ4n) is 3.75. The number of halogens is 2. The molecule has 1 aromatic carbocycles. The molecule has 21 heavy (non-hydrogen) atoms. The van der Waals surface area contributed by atoms with Gasteiger partial charge in [-0.1, -0.05) is 63.8 Å². The van der Waals surface area contributed by atoms with E-state index in [0.29, 0.717) is 11.5 Å². The zero-order valence-electron chi connectivity index (χ0n) is 13.4. The third-order valence-electron chi connectivity index (χ3n) is 5.57. The predicted molar refractivity (Wildman–Crippen MR) is 88.5 cm³/mol. The molecule has 118 valence electrons. The molecule has 0 amide bonds. The lowest BCUT2D eigenvalue weighted by Gasteiger charge is -2.33. The zero-order chi connectivity index (χ0) is 15.5. The van der Waals surface area contributed by atoms with E-state index < -0.39 is 0 Å². The van der Waals surface area contributed by atoms with Crippen LogP contribution in [0.1, 0.15) is 64.4 Å². The van der Waals surface area contributed by atoms with Gasteiger partial charge in [-0.25, -0.2) is 4.39 Å². The highest BCUT2D eigenvalue weighted by Crippen LogP contribution is 2.39. The molecule has 0 aliphatic carbocycles. The highest BCUT2D eigenvalue weighted by atomic mass is 35.5.